The van der Waals surface area contributed by atoms with Gasteiger partial charge in [-0.25, -0.2) is 9.97 Å². The number of aryl methyl sites for hydroxylation is 1. The van der Waals surface area contributed by atoms with E-state index in [2.05, 4.69) is 14.5 Å². The fourth-order valence-electron chi connectivity index (χ4n) is 1.64. The van der Waals surface area contributed by atoms with Crippen molar-refractivity contribution in [3.63, 3.8) is 0 Å². The quantitative estimate of drug-likeness (QED) is 0.637. The molecule has 0 aliphatic carbocycles. The lowest BCUT2D eigenvalue weighted by molar-refractivity contribution is 0.619. The Morgan fingerprint density at radius 3 is 3.46 bits per heavy atom. The van der Waals surface area contributed by atoms with E-state index in [9.17, 15) is 0 Å². The number of thioether (sulfide) groups is 1. The fourth-order valence-corrected chi connectivity index (χ4v) is 2.59. The lowest BCUT2D eigenvalue weighted by Crippen LogP contribution is -2.06. The van der Waals surface area contributed by atoms with E-state index in [0.29, 0.717) is 0 Å². The first-order valence-corrected chi connectivity index (χ1v) is 5.38. The Morgan fingerprint density at radius 1 is 1.46 bits per heavy atom. The summed E-state index contributed by atoms with van der Waals surface area (Å²) in [4.78, 5) is 8.86. The molecule has 0 saturated heterocycles. The van der Waals surface area contributed by atoms with Crippen molar-refractivity contribution in [1.29, 1.82) is 0 Å². The summed E-state index contributed by atoms with van der Waals surface area (Å²) in [7, 11) is 0. The normalized spacial score (nSPS) is 16.0. The zero-order valence-electron chi connectivity index (χ0n) is 7.10. The molecule has 2 aromatic heterocycles. The third-order valence-corrected chi connectivity index (χ3v) is 3.29. The average molecular weight is 191 g/mol. The highest BCUT2D eigenvalue weighted by Crippen LogP contribution is 2.27. The van der Waals surface area contributed by atoms with Crippen LogP contribution in [0.1, 0.15) is 6.42 Å². The van der Waals surface area contributed by atoms with E-state index in [1.54, 1.807) is 0 Å². The summed E-state index contributed by atoms with van der Waals surface area (Å²) >= 11 is 1.83. The van der Waals surface area contributed by atoms with E-state index >= 15 is 0 Å². The molecule has 1 aliphatic heterocycles. The van der Waals surface area contributed by atoms with Gasteiger partial charge in [-0.3, -0.25) is 0 Å². The molecule has 0 aromatic carbocycles. The molecule has 1 aliphatic rings. The summed E-state index contributed by atoms with van der Waals surface area (Å²) in [6.07, 6.45) is 3.05. The first-order chi connectivity index (χ1) is 6.45. The Hall–Kier alpha value is -1.03. The van der Waals surface area contributed by atoms with Crippen LogP contribution in [-0.4, -0.2) is 20.3 Å². The molecular formula is C9H9N3S. The third kappa shape index (κ3) is 1.05. The van der Waals surface area contributed by atoms with Gasteiger partial charge in [0.1, 0.15) is 5.52 Å². The van der Waals surface area contributed by atoms with Gasteiger partial charge >= 0.3 is 0 Å². The van der Waals surface area contributed by atoms with Crippen molar-refractivity contribution in [2.24, 2.45) is 0 Å². The van der Waals surface area contributed by atoms with Gasteiger partial charge in [0.15, 0.2) is 10.8 Å². The zero-order chi connectivity index (χ0) is 8.67. The van der Waals surface area contributed by atoms with Crippen molar-refractivity contribution in [3.8, 4) is 0 Å². The van der Waals surface area contributed by atoms with E-state index in [-0.39, 0.29) is 0 Å². The molecule has 0 N–H and O–H groups in total. The SMILES string of the molecule is c1cnc2c(c1)nc1n2CCCS1. The number of aromatic nitrogens is 3. The highest BCUT2D eigenvalue weighted by Gasteiger charge is 2.14. The van der Waals surface area contributed by atoms with Crippen molar-refractivity contribution in [3.05, 3.63) is 18.3 Å². The highest BCUT2D eigenvalue weighted by molar-refractivity contribution is 7.99. The standard InChI is InChI=1S/C9H9N3S/c1-3-7-8(10-4-1)12-5-2-6-13-9(12)11-7/h1,3-4H,2,5-6H2. The van der Waals surface area contributed by atoms with Crippen LogP contribution in [-0.2, 0) is 6.54 Å². The Labute approximate surface area is 80.2 Å². The molecule has 3 heterocycles. The molecule has 0 atom stereocenters. The lowest BCUT2D eigenvalue weighted by atomic mass is 10.4. The molecule has 0 amide bonds. The minimum atomic E-state index is 1.02. The highest BCUT2D eigenvalue weighted by atomic mass is 32.2. The van der Waals surface area contributed by atoms with Crippen molar-refractivity contribution < 1.29 is 0 Å². The number of pyridine rings is 1. The Morgan fingerprint density at radius 2 is 2.46 bits per heavy atom. The topological polar surface area (TPSA) is 30.7 Å². The molecule has 0 radical (unpaired) electrons. The lowest BCUT2D eigenvalue weighted by Gasteiger charge is -2.12. The number of hydrogen-bond acceptors (Lipinski definition) is 3. The summed E-state index contributed by atoms with van der Waals surface area (Å²) in [6, 6.07) is 3.96. The van der Waals surface area contributed by atoms with Crippen LogP contribution in [0.3, 0.4) is 0 Å². The van der Waals surface area contributed by atoms with Gasteiger partial charge in [-0.05, 0) is 18.6 Å². The minimum Gasteiger partial charge on any atom is -0.304 e. The van der Waals surface area contributed by atoms with Gasteiger partial charge in [-0.2, -0.15) is 0 Å². The molecule has 3 rings (SSSR count). The number of hydrogen-bond donors (Lipinski definition) is 0. The van der Waals surface area contributed by atoms with Gasteiger partial charge in [0.05, 0.1) is 0 Å². The first-order valence-electron chi connectivity index (χ1n) is 4.39. The molecule has 66 valence electrons. The van der Waals surface area contributed by atoms with E-state index < -0.39 is 0 Å². The van der Waals surface area contributed by atoms with E-state index in [4.69, 9.17) is 0 Å². The number of imidazole rings is 1. The van der Waals surface area contributed by atoms with Gasteiger partial charge < -0.3 is 4.57 Å². The maximum atomic E-state index is 4.52. The van der Waals surface area contributed by atoms with Crippen LogP contribution in [0.2, 0.25) is 0 Å². The van der Waals surface area contributed by atoms with Crippen LogP contribution in [0.4, 0.5) is 0 Å². The van der Waals surface area contributed by atoms with Crippen LogP contribution >= 0.6 is 11.8 Å². The summed E-state index contributed by atoms with van der Waals surface area (Å²) in [6.45, 7) is 1.07. The minimum absolute atomic E-state index is 1.02. The van der Waals surface area contributed by atoms with Crippen LogP contribution in [0.15, 0.2) is 23.5 Å². The van der Waals surface area contributed by atoms with Crippen molar-refractivity contribution in [2.75, 3.05) is 5.75 Å². The number of rotatable bonds is 0. The summed E-state index contributed by atoms with van der Waals surface area (Å²) < 4.78 is 2.21. The predicted molar refractivity (Wildman–Crippen MR) is 52.9 cm³/mol. The second-order valence-corrected chi connectivity index (χ2v) is 4.16. The molecule has 3 nitrogen and oxygen atoms in total. The smallest absolute Gasteiger partial charge is 0.170 e. The Kier molecular flexibility index (Phi) is 1.55. The monoisotopic (exact) mass is 191 g/mol. The van der Waals surface area contributed by atoms with Gasteiger partial charge in [-0.15, -0.1) is 0 Å². The molecule has 0 bridgehead atoms. The Bertz CT molecular complexity index is 449. The summed E-state index contributed by atoms with van der Waals surface area (Å²) in [5, 5.41) is 1.12. The van der Waals surface area contributed by atoms with Crippen LogP contribution in [0.5, 0.6) is 0 Å². The second-order valence-electron chi connectivity index (χ2n) is 3.09. The van der Waals surface area contributed by atoms with Gasteiger partial charge in [0, 0.05) is 18.5 Å². The van der Waals surface area contributed by atoms with Gasteiger partial charge in [0.25, 0.3) is 0 Å². The summed E-state index contributed by atoms with van der Waals surface area (Å²) in [5.74, 6) is 1.18. The predicted octanol–water partition coefficient (Wildman–Crippen LogP) is 1.93. The van der Waals surface area contributed by atoms with Crippen molar-refractivity contribution in [1.82, 2.24) is 14.5 Å². The average Bonchev–Trinajstić information content (AvgIpc) is 2.56. The van der Waals surface area contributed by atoms with Crippen LogP contribution in [0, 0.1) is 0 Å². The molecule has 0 saturated carbocycles. The van der Waals surface area contributed by atoms with E-state index in [1.165, 1.54) is 12.2 Å². The maximum Gasteiger partial charge on any atom is 0.170 e. The molecule has 0 unspecified atom stereocenters. The molecule has 4 heteroatoms. The van der Waals surface area contributed by atoms with Crippen molar-refractivity contribution >= 4 is 22.9 Å². The molecule has 0 fully saturated rings. The molecule has 13 heavy (non-hydrogen) atoms. The van der Waals surface area contributed by atoms with E-state index in [1.807, 2.05) is 30.1 Å². The molecular weight excluding hydrogens is 182 g/mol. The zero-order valence-corrected chi connectivity index (χ0v) is 7.92. The first kappa shape index (κ1) is 7.38. The second kappa shape index (κ2) is 2.73. The van der Waals surface area contributed by atoms with Crippen molar-refractivity contribution in [2.45, 2.75) is 18.1 Å². The van der Waals surface area contributed by atoms with Crippen LogP contribution < -0.4 is 0 Å². The van der Waals surface area contributed by atoms with Gasteiger partial charge in [-0.1, -0.05) is 11.8 Å². The molecule has 2 aromatic rings. The molecule has 0 spiro atoms. The van der Waals surface area contributed by atoms with E-state index in [0.717, 1.165) is 22.9 Å². The largest absolute Gasteiger partial charge is 0.304 e. The third-order valence-electron chi connectivity index (χ3n) is 2.23. The maximum absolute atomic E-state index is 4.52. The fraction of sp³-hybridized carbons (Fsp3) is 0.333. The Balaban J connectivity index is 2.34. The van der Waals surface area contributed by atoms with Crippen LogP contribution in [0.25, 0.3) is 11.2 Å². The van der Waals surface area contributed by atoms with Gasteiger partial charge in [0.2, 0.25) is 0 Å². The number of fused-ring (bicyclic) bond motifs is 3. The number of nitrogens with zero attached hydrogens (tertiary/aromatic N) is 3. The summed E-state index contributed by atoms with van der Waals surface area (Å²) in [5.41, 5.74) is 2.05.